The van der Waals surface area contributed by atoms with Crippen LogP contribution in [0.3, 0.4) is 0 Å². The standard InChI is InChI=1S/C25H30FN7O3/c1-24(2,3)36-23(35)31-14-9-25(4,10-14)33-22(34)16-11-29-21-20(16)32-18(12-30-21)19(27)15-7-6-13(26)8-17(15)28-5/h6-8,11-12,14,27-28H,9-10H2,1-5H3,(H,29,30)(H,31,35)(H,33,34). The van der Waals surface area contributed by atoms with Crippen molar-refractivity contribution in [1.29, 1.82) is 5.41 Å². The average Bonchev–Trinajstić information content (AvgIpc) is 3.19. The zero-order chi connectivity index (χ0) is 26.3. The molecule has 11 heteroatoms. The number of nitrogens with one attached hydrogen (secondary N) is 5. The number of fused-ring (bicyclic) bond motifs is 1. The number of aromatic nitrogens is 3. The van der Waals surface area contributed by atoms with E-state index < -0.39 is 23.1 Å². The highest BCUT2D eigenvalue weighted by molar-refractivity contribution is 6.14. The van der Waals surface area contributed by atoms with Crippen LogP contribution in [0.1, 0.15) is 62.2 Å². The van der Waals surface area contributed by atoms with E-state index in [1.54, 1.807) is 27.8 Å². The minimum Gasteiger partial charge on any atom is -0.444 e. The van der Waals surface area contributed by atoms with Gasteiger partial charge < -0.3 is 25.7 Å². The largest absolute Gasteiger partial charge is 0.444 e. The van der Waals surface area contributed by atoms with Gasteiger partial charge in [0.2, 0.25) is 0 Å². The van der Waals surface area contributed by atoms with Gasteiger partial charge in [0.15, 0.2) is 5.65 Å². The molecule has 5 N–H and O–H groups in total. The van der Waals surface area contributed by atoms with Gasteiger partial charge in [0.05, 0.1) is 17.5 Å². The number of anilines is 1. The molecule has 0 unspecified atom stereocenters. The number of hydrogen-bond acceptors (Lipinski definition) is 7. The summed E-state index contributed by atoms with van der Waals surface area (Å²) in [5.74, 6) is -0.759. The number of alkyl carbamates (subject to hydrolysis) is 1. The van der Waals surface area contributed by atoms with Crippen molar-refractivity contribution in [3.8, 4) is 0 Å². The van der Waals surface area contributed by atoms with Crippen molar-refractivity contribution in [1.82, 2.24) is 25.6 Å². The van der Waals surface area contributed by atoms with Crippen molar-refractivity contribution in [2.45, 2.75) is 57.7 Å². The molecule has 4 rings (SSSR count). The molecular formula is C25H30FN7O3. The number of nitrogens with zero attached hydrogens (tertiary/aromatic N) is 2. The molecule has 0 saturated heterocycles. The first-order valence-corrected chi connectivity index (χ1v) is 11.6. The summed E-state index contributed by atoms with van der Waals surface area (Å²) in [4.78, 5) is 36.9. The molecule has 1 aliphatic rings. The number of benzene rings is 1. The second-order valence-electron chi connectivity index (χ2n) is 10.2. The van der Waals surface area contributed by atoms with Crippen LogP contribution in [0.2, 0.25) is 0 Å². The van der Waals surface area contributed by atoms with Crippen molar-refractivity contribution in [3.05, 3.63) is 53.2 Å². The number of aromatic amines is 1. The highest BCUT2D eigenvalue weighted by Gasteiger charge is 2.43. The Labute approximate surface area is 207 Å². The fourth-order valence-corrected chi connectivity index (χ4v) is 4.31. The summed E-state index contributed by atoms with van der Waals surface area (Å²) in [6.07, 6.45) is 3.60. The van der Waals surface area contributed by atoms with E-state index in [9.17, 15) is 14.0 Å². The summed E-state index contributed by atoms with van der Waals surface area (Å²) in [7, 11) is 1.64. The number of hydrogen-bond donors (Lipinski definition) is 5. The van der Waals surface area contributed by atoms with Gasteiger partial charge in [0.1, 0.15) is 22.6 Å². The zero-order valence-corrected chi connectivity index (χ0v) is 20.9. The van der Waals surface area contributed by atoms with E-state index in [-0.39, 0.29) is 23.4 Å². The third-order valence-corrected chi connectivity index (χ3v) is 5.93. The molecule has 1 aromatic carbocycles. The number of carbonyl (C=O) groups is 2. The second kappa shape index (κ2) is 9.21. The Hall–Kier alpha value is -4.02. The minimum absolute atomic E-state index is 0.0447. The fraction of sp³-hybridized carbons (Fsp3) is 0.400. The van der Waals surface area contributed by atoms with Gasteiger partial charge in [-0.25, -0.2) is 19.2 Å². The first-order valence-electron chi connectivity index (χ1n) is 11.6. The summed E-state index contributed by atoms with van der Waals surface area (Å²) >= 11 is 0. The first-order chi connectivity index (χ1) is 16.9. The third kappa shape index (κ3) is 5.29. The Morgan fingerprint density at radius 1 is 1.25 bits per heavy atom. The SMILES string of the molecule is CNc1cc(F)ccc1C(=N)c1cnc2[nH]cc(C(=O)NC3(C)CC(NC(=O)OC(C)(C)C)C3)c2n1. The van der Waals surface area contributed by atoms with Crippen LogP contribution >= 0.6 is 0 Å². The van der Waals surface area contributed by atoms with E-state index in [1.165, 1.54) is 30.6 Å². The molecule has 0 bridgehead atoms. The molecule has 190 valence electrons. The molecule has 1 saturated carbocycles. The molecule has 2 heterocycles. The van der Waals surface area contributed by atoms with Crippen LogP contribution < -0.4 is 16.0 Å². The van der Waals surface area contributed by atoms with E-state index in [0.717, 1.165) is 0 Å². The number of rotatable bonds is 6. The van der Waals surface area contributed by atoms with Crippen molar-refractivity contribution in [2.24, 2.45) is 0 Å². The monoisotopic (exact) mass is 495 g/mol. The fourth-order valence-electron chi connectivity index (χ4n) is 4.31. The first kappa shape index (κ1) is 25.1. The van der Waals surface area contributed by atoms with Crippen LogP contribution in [-0.4, -0.2) is 56.9 Å². The van der Waals surface area contributed by atoms with Gasteiger partial charge >= 0.3 is 6.09 Å². The molecule has 2 aromatic heterocycles. The summed E-state index contributed by atoms with van der Waals surface area (Å²) in [6, 6.07) is 3.97. The molecular weight excluding hydrogens is 465 g/mol. The van der Waals surface area contributed by atoms with E-state index in [0.29, 0.717) is 40.8 Å². The third-order valence-electron chi connectivity index (χ3n) is 5.93. The Bertz CT molecular complexity index is 1340. The molecule has 1 aliphatic carbocycles. The van der Waals surface area contributed by atoms with E-state index >= 15 is 0 Å². The van der Waals surface area contributed by atoms with Gasteiger partial charge in [-0.15, -0.1) is 0 Å². The van der Waals surface area contributed by atoms with E-state index in [1.807, 2.05) is 6.92 Å². The molecule has 0 radical (unpaired) electrons. The summed E-state index contributed by atoms with van der Waals surface area (Å²) in [5.41, 5.74) is 1.14. The van der Waals surface area contributed by atoms with Crippen LogP contribution in [0.25, 0.3) is 11.2 Å². The zero-order valence-electron chi connectivity index (χ0n) is 20.9. The quantitative estimate of drug-likeness (QED) is 0.330. The molecule has 36 heavy (non-hydrogen) atoms. The average molecular weight is 496 g/mol. The molecule has 10 nitrogen and oxygen atoms in total. The number of amides is 2. The normalized spacial score (nSPS) is 19.3. The maximum atomic E-state index is 13.6. The Morgan fingerprint density at radius 3 is 2.64 bits per heavy atom. The lowest BCUT2D eigenvalue weighted by Gasteiger charge is -2.45. The number of H-pyrrole nitrogens is 1. The lowest BCUT2D eigenvalue weighted by molar-refractivity contribution is 0.0418. The minimum atomic E-state index is -0.581. The van der Waals surface area contributed by atoms with E-state index in [4.69, 9.17) is 10.1 Å². The van der Waals surface area contributed by atoms with E-state index in [2.05, 4.69) is 30.9 Å². The maximum Gasteiger partial charge on any atom is 0.407 e. The topological polar surface area (TPSA) is 145 Å². The van der Waals surface area contributed by atoms with Gasteiger partial charge in [-0.05, 0) is 58.7 Å². The molecule has 0 atom stereocenters. The summed E-state index contributed by atoms with van der Waals surface area (Å²) < 4.78 is 18.9. The predicted octanol–water partition coefficient (Wildman–Crippen LogP) is 3.73. The van der Waals surface area contributed by atoms with Crippen LogP contribution in [0, 0.1) is 11.2 Å². The summed E-state index contributed by atoms with van der Waals surface area (Å²) in [6.45, 7) is 7.31. The highest BCUT2D eigenvalue weighted by Crippen LogP contribution is 2.33. The number of halogens is 1. The van der Waals surface area contributed by atoms with Gasteiger partial charge in [-0.3, -0.25) is 10.2 Å². The smallest absolute Gasteiger partial charge is 0.407 e. The molecule has 3 aromatic rings. The van der Waals surface area contributed by atoms with Crippen molar-refractivity contribution in [2.75, 3.05) is 12.4 Å². The summed E-state index contributed by atoms with van der Waals surface area (Å²) in [5, 5.41) is 17.3. The van der Waals surface area contributed by atoms with Crippen LogP contribution in [0.15, 0.2) is 30.6 Å². The van der Waals surface area contributed by atoms with Crippen LogP contribution in [0.4, 0.5) is 14.9 Å². The van der Waals surface area contributed by atoms with Gasteiger partial charge in [0.25, 0.3) is 5.91 Å². The maximum absolute atomic E-state index is 13.6. The lowest BCUT2D eigenvalue weighted by atomic mass is 9.74. The Kier molecular flexibility index (Phi) is 6.42. The van der Waals surface area contributed by atoms with Crippen LogP contribution in [-0.2, 0) is 4.74 Å². The number of ether oxygens (including phenoxy) is 1. The van der Waals surface area contributed by atoms with Crippen LogP contribution in [0.5, 0.6) is 0 Å². The van der Waals surface area contributed by atoms with Gasteiger partial charge in [-0.2, -0.15) is 0 Å². The Morgan fingerprint density at radius 2 is 1.97 bits per heavy atom. The Balaban J connectivity index is 1.47. The molecule has 1 fully saturated rings. The predicted molar refractivity (Wildman–Crippen MR) is 134 cm³/mol. The number of carbonyl (C=O) groups excluding carboxylic acids is 2. The molecule has 0 spiro atoms. The molecule has 2 amide bonds. The van der Waals surface area contributed by atoms with Crippen molar-refractivity contribution in [3.63, 3.8) is 0 Å². The highest BCUT2D eigenvalue weighted by atomic mass is 19.1. The molecule has 0 aliphatic heterocycles. The van der Waals surface area contributed by atoms with Gasteiger partial charge in [0, 0.05) is 36.1 Å². The lowest BCUT2D eigenvalue weighted by Crippen LogP contribution is -2.62. The van der Waals surface area contributed by atoms with Crippen molar-refractivity contribution >= 4 is 34.6 Å². The second-order valence-corrected chi connectivity index (χ2v) is 10.2. The van der Waals surface area contributed by atoms with Crippen molar-refractivity contribution < 1.29 is 18.7 Å². The van der Waals surface area contributed by atoms with Gasteiger partial charge in [-0.1, -0.05) is 0 Å².